The summed E-state index contributed by atoms with van der Waals surface area (Å²) in [6.07, 6.45) is 3.11. The van der Waals surface area contributed by atoms with E-state index in [1.807, 2.05) is 50.3 Å². The van der Waals surface area contributed by atoms with Crippen LogP contribution < -0.4 is 5.32 Å². The molecule has 2 aliphatic carbocycles. The highest BCUT2D eigenvalue weighted by Crippen LogP contribution is 2.50. The van der Waals surface area contributed by atoms with Gasteiger partial charge in [0.05, 0.1) is 6.07 Å². The van der Waals surface area contributed by atoms with Gasteiger partial charge in [-0.1, -0.05) is 12.1 Å². The average molecular weight is 431 g/mol. The molecule has 6 atom stereocenters. The summed E-state index contributed by atoms with van der Waals surface area (Å²) in [4.78, 5) is 11.4. The molecule has 1 aliphatic heterocycles. The van der Waals surface area contributed by atoms with Crippen molar-refractivity contribution in [3.63, 3.8) is 0 Å². The van der Waals surface area contributed by atoms with Crippen LogP contribution in [0.25, 0.3) is 0 Å². The van der Waals surface area contributed by atoms with E-state index in [0.29, 0.717) is 11.8 Å². The maximum atomic E-state index is 11.4. The van der Waals surface area contributed by atoms with E-state index in [-0.39, 0.29) is 35.4 Å². The molecule has 2 bridgehead atoms. The Morgan fingerprint density at radius 1 is 1.16 bits per heavy atom. The first-order valence-electron chi connectivity index (χ1n) is 11.0. The number of nitrogens with one attached hydrogen (secondary N) is 1. The monoisotopic (exact) mass is 430 g/mol. The van der Waals surface area contributed by atoms with Crippen LogP contribution in [0.1, 0.15) is 51.5 Å². The lowest BCUT2D eigenvalue weighted by Crippen LogP contribution is -2.29. The minimum atomic E-state index is -0.731. The van der Waals surface area contributed by atoms with Crippen molar-refractivity contribution in [2.45, 2.75) is 63.7 Å². The Kier molecular flexibility index (Phi) is 5.57. The molecule has 1 saturated heterocycles. The average Bonchev–Trinajstić information content (AvgIpc) is 3.37. The number of carbonyl (C=O) groups is 1. The van der Waals surface area contributed by atoms with E-state index in [1.165, 1.54) is 6.92 Å². The predicted molar refractivity (Wildman–Crippen MR) is 115 cm³/mol. The largest absolute Gasteiger partial charge is 0.488 e. The molecule has 6 unspecified atom stereocenters. The maximum absolute atomic E-state index is 11.4. The second-order valence-corrected chi connectivity index (χ2v) is 9.43. The van der Waals surface area contributed by atoms with Gasteiger partial charge in [0.2, 0.25) is 0 Å². The number of rotatable bonds is 4. The molecule has 1 aromatic rings. The minimum absolute atomic E-state index is 0.00415. The van der Waals surface area contributed by atoms with Crippen molar-refractivity contribution >= 4 is 11.7 Å². The van der Waals surface area contributed by atoms with E-state index < -0.39 is 11.5 Å². The molecule has 7 nitrogen and oxygen atoms in total. The first kappa shape index (κ1) is 21.7. The fourth-order valence-corrected chi connectivity index (χ4v) is 5.85. The van der Waals surface area contributed by atoms with Gasteiger partial charge in [0.25, 0.3) is 0 Å². The molecule has 2 saturated carbocycles. The summed E-state index contributed by atoms with van der Waals surface area (Å²) in [6, 6.07) is 14.2. The summed E-state index contributed by atoms with van der Waals surface area (Å²) < 4.78 is 11.5. The van der Waals surface area contributed by atoms with Gasteiger partial charge in [-0.3, -0.25) is 4.79 Å². The number of nitrogens with zero attached hydrogens (tertiary/aromatic N) is 3. The van der Waals surface area contributed by atoms with Crippen molar-refractivity contribution in [1.29, 1.82) is 15.8 Å². The normalized spacial score (nSPS) is 31.7. The number of hydrogen-bond acceptors (Lipinski definition) is 7. The van der Waals surface area contributed by atoms with Gasteiger partial charge in [0.15, 0.2) is 5.57 Å². The Bertz CT molecular complexity index is 1050. The van der Waals surface area contributed by atoms with Gasteiger partial charge >= 0.3 is 5.97 Å². The second-order valence-electron chi connectivity index (χ2n) is 9.43. The van der Waals surface area contributed by atoms with Crippen LogP contribution in [-0.2, 0) is 14.3 Å². The van der Waals surface area contributed by atoms with Crippen LogP contribution in [0.2, 0.25) is 0 Å². The number of nitriles is 3. The van der Waals surface area contributed by atoms with Crippen molar-refractivity contribution in [3.8, 4) is 18.2 Å². The Hall–Kier alpha value is -3.50. The number of esters is 1. The van der Waals surface area contributed by atoms with E-state index in [0.717, 1.165) is 30.5 Å². The molecule has 3 fully saturated rings. The molecule has 164 valence electrons. The highest BCUT2D eigenvalue weighted by atomic mass is 16.5. The zero-order valence-electron chi connectivity index (χ0n) is 18.5. The number of carbonyl (C=O) groups excluding carboxylic acids is 1. The quantitative estimate of drug-likeness (QED) is 0.562. The van der Waals surface area contributed by atoms with Gasteiger partial charge < -0.3 is 14.8 Å². The molecule has 7 heteroatoms. The van der Waals surface area contributed by atoms with Crippen LogP contribution >= 0.6 is 0 Å². The Morgan fingerprint density at radius 2 is 1.84 bits per heavy atom. The summed E-state index contributed by atoms with van der Waals surface area (Å²) in [5.74, 6) is -0.233. The summed E-state index contributed by atoms with van der Waals surface area (Å²) in [5, 5.41) is 32.0. The fourth-order valence-electron chi connectivity index (χ4n) is 5.85. The fraction of sp³-hybridized carbons (Fsp3) is 0.520. The minimum Gasteiger partial charge on any atom is -0.488 e. The van der Waals surface area contributed by atoms with Gasteiger partial charge in [0, 0.05) is 30.5 Å². The van der Waals surface area contributed by atoms with Crippen LogP contribution in [0, 0.1) is 51.7 Å². The zero-order chi connectivity index (χ0) is 23.0. The van der Waals surface area contributed by atoms with E-state index in [4.69, 9.17) is 9.47 Å². The highest BCUT2D eigenvalue weighted by Gasteiger charge is 2.51. The van der Waals surface area contributed by atoms with E-state index >= 15 is 0 Å². The topological polar surface area (TPSA) is 119 Å². The van der Waals surface area contributed by atoms with Crippen LogP contribution in [0.4, 0.5) is 5.69 Å². The van der Waals surface area contributed by atoms with Gasteiger partial charge in [-0.05, 0) is 56.7 Å². The van der Waals surface area contributed by atoms with E-state index in [2.05, 4.69) is 11.4 Å². The third-order valence-electron chi connectivity index (χ3n) is 7.12. The van der Waals surface area contributed by atoms with Crippen LogP contribution in [0.5, 0.6) is 0 Å². The zero-order valence-corrected chi connectivity index (χ0v) is 18.5. The Labute approximate surface area is 188 Å². The van der Waals surface area contributed by atoms with Crippen LogP contribution in [-0.4, -0.2) is 23.7 Å². The Morgan fingerprint density at radius 3 is 2.44 bits per heavy atom. The molecule has 1 heterocycles. The summed E-state index contributed by atoms with van der Waals surface area (Å²) >= 11 is 0. The number of ether oxygens (including phenoxy) is 2. The predicted octanol–water partition coefficient (Wildman–Crippen LogP) is 4.16. The molecule has 1 aromatic carbocycles. The first-order valence-corrected chi connectivity index (χ1v) is 11.0. The lowest BCUT2D eigenvalue weighted by Gasteiger charge is -2.27. The highest BCUT2D eigenvalue weighted by molar-refractivity contribution is 5.66. The van der Waals surface area contributed by atoms with E-state index in [9.17, 15) is 20.6 Å². The third kappa shape index (κ3) is 3.67. The van der Waals surface area contributed by atoms with E-state index in [1.54, 1.807) is 0 Å². The second kappa shape index (κ2) is 8.21. The molecule has 4 rings (SSSR count). The van der Waals surface area contributed by atoms with Crippen molar-refractivity contribution in [2.75, 3.05) is 5.32 Å². The molecule has 3 aliphatic rings. The SMILES string of the molecule is CC(=O)OC1CC2CCC1C2Nc1ccc(C2C(C#N)C(=C(C#N)C#N)OC2(C)C)cc1. The molecular formula is C25H26N4O3. The Balaban J connectivity index is 1.54. The number of hydrogen-bond donors (Lipinski definition) is 1. The number of fused-ring (bicyclic) bond motifs is 2. The molecule has 0 radical (unpaired) electrons. The first-order chi connectivity index (χ1) is 15.3. The summed E-state index contributed by atoms with van der Waals surface area (Å²) in [7, 11) is 0. The van der Waals surface area contributed by atoms with Gasteiger partial charge in [-0.2, -0.15) is 15.8 Å². The number of anilines is 1. The van der Waals surface area contributed by atoms with Crippen molar-refractivity contribution < 1.29 is 14.3 Å². The van der Waals surface area contributed by atoms with Gasteiger partial charge in [0.1, 0.15) is 35.5 Å². The number of benzene rings is 1. The lowest BCUT2D eigenvalue weighted by atomic mass is 9.77. The van der Waals surface area contributed by atoms with Gasteiger partial charge in [-0.15, -0.1) is 0 Å². The van der Waals surface area contributed by atoms with Crippen LogP contribution in [0.15, 0.2) is 35.6 Å². The molecular weight excluding hydrogens is 404 g/mol. The van der Waals surface area contributed by atoms with Crippen LogP contribution in [0.3, 0.4) is 0 Å². The smallest absolute Gasteiger partial charge is 0.302 e. The summed E-state index contributed by atoms with van der Waals surface area (Å²) in [6.45, 7) is 5.21. The molecule has 0 spiro atoms. The number of allylic oxidation sites excluding steroid dienone is 2. The maximum Gasteiger partial charge on any atom is 0.302 e. The standard InChI is InChI=1S/C25H26N4O3/c1-14(30)31-21-10-16-6-9-19(21)23(16)29-18-7-4-15(5-8-18)22-20(13-28)24(17(11-26)12-27)32-25(22,2)3/h4-5,7-8,16,19-23,29H,6,9-10H2,1-3H3. The van der Waals surface area contributed by atoms with Gasteiger partial charge in [-0.25, -0.2) is 0 Å². The van der Waals surface area contributed by atoms with Crippen molar-refractivity contribution in [1.82, 2.24) is 0 Å². The molecule has 32 heavy (non-hydrogen) atoms. The molecule has 0 amide bonds. The summed E-state index contributed by atoms with van der Waals surface area (Å²) in [5.41, 5.74) is 1.02. The van der Waals surface area contributed by atoms with Crippen molar-refractivity contribution in [2.24, 2.45) is 17.8 Å². The van der Waals surface area contributed by atoms with Crippen molar-refractivity contribution in [3.05, 3.63) is 41.2 Å². The molecule has 1 N–H and O–H groups in total. The lowest BCUT2D eigenvalue weighted by molar-refractivity contribution is -0.148. The molecule has 0 aromatic heterocycles. The third-order valence-corrected chi connectivity index (χ3v) is 7.12.